The highest BCUT2D eigenvalue weighted by Crippen LogP contribution is 2.20. The fraction of sp³-hybridized carbons (Fsp3) is 0.600. The van der Waals surface area contributed by atoms with E-state index in [1.54, 1.807) is 0 Å². The molecule has 0 unspecified atom stereocenters. The minimum atomic E-state index is -0.292. The molecule has 0 aliphatic heterocycles. The summed E-state index contributed by atoms with van der Waals surface area (Å²) < 4.78 is 13.6. The van der Waals surface area contributed by atoms with Gasteiger partial charge in [-0.25, -0.2) is 4.39 Å². The van der Waals surface area contributed by atoms with E-state index in [0.717, 1.165) is 25.3 Å². The Labute approximate surface area is 115 Å². The maximum Gasteiger partial charge on any atom is 0.125 e. The van der Waals surface area contributed by atoms with E-state index in [1.165, 1.54) is 12.1 Å². The number of benzene rings is 1. The Morgan fingerprint density at radius 3 is 2.37 bits per heavy atom. The van der Waals surface area contributed by atoms with Gasteiger partial charge in [-0.15, -0.1) is 0 Å². The van der Waals surface area contributed by atoms with Gasteiger partial charge in [-0.1, -0.05) is 13.8 Å². The topological polar surface area (TPSA) is 26.7 Å². The molecule has 0 aliphatic carbocycles. The third-order valence-electron chi connectivity index (χ3n) is 2.89. The third kappa shape index (κ3) is 5.57. The van der Waals surface area contributed by atoms with Gasteiger partial charge in [-0.05, 0) is 43.8 Å². The quantitative estimate of drug-likeness (QED) is 0.822. The van der Waals surface area contributed by atoms with Crippen LogP contribution in [-0.4, -0.2) is 43.7 Å². The van der Waals surface area contributed by atoms with E-state index in [4.69, 9.17) is 0 Å². The summed E-state index contributed by atoms with van der Waals surface area (Å²) in [4.78, 5) is 4.28. The van der Waals surface area contributed by atoms with Crippen molar-refractivity contribution < 1.29 is 9.50 Å². The molecule has 0 saturated heterocycles. The van der Waals surface area contributed by atoms with Crippen molar-refractivity contribution in [2.75, 3.05) is 38.6 Å². The van der Waals surface area contributed by atoms with Gasteiger partial charge < -0.3 is 14.9 Å². The molecule has 0 heterocycles. The van der Waals surface area contributed by atoms with Gasteiger partial charge >= 0.3 is 0 Å². The normalized spacial score (nSPS) is 11.4. The molecule has 0 atom stereocenters. The molecule has 0 aromatic heterocycles. The Balaban J connectivity index is 2.91. The van der Waals surface area contributed by atoms with Crippen LogP contribution in [0.3, 0.4) is 0 Å². The van der Waals surface area contributed by atoms with E-state index in [2.05, 4.69) is 23.6 Å². The zero-order valence-electron chi connectivity index (χ0n) is 12.4. The predicted octanol–water partition coefficient (Wildman–Crippen LogP) is 2.34. The number of anilines is 1. The van der Waals surface area contributed by atoms with Gasteiger partial charge in [0.2, 0.25) is 0 Å². The summed E-state index contributed by atoms with van der Waals surface area (Å²) >= 11 is 0. The Morgan fingerprint density at radius 1 is 1.16 bits per heavy atom. The molecule has 1 N–H and O–H groups in total. The van der Waals surface area contributed by atoms with E-state index < -0.39 is 0 Å². The first kappa shape index (κ1) is 15.9. The lowest BCUT2D eigenvalue weighted by molar-refractivity contribution is 0.281. The summed E-state index contributed by atoms with van der Waals surface area (Å²) in [6, 6.07) is 4.78. The van der Waals surface area contributed by atoms with E-state index in [-0.39, 0.29) is 12.4 Å². The average Bonchev–Trinajstić information content (AvgIpc) is 2.32. The van der Waals surface area contributed by atoms with Crippen LogP contribution in [0.1, 0.15) is 19.4 Å². The highest BCUT2D eigenvalue weighted by atomic mass is 19.1. The first-order chi connectivity index (χ1) is 8.92. The van der Waals surface area contributed by atoms with Crippen LogP contribution in [0.2, 0.25) is 0 Å². The van der Waals surface area contributed by atoms with Gasteiger partial charge in [-0.3, -0.25) is 0 Å². The molecule has 0 fully saturated rings. The molecule has 0 saturated carbocycles. The monoisotopic (exact) mass is 268 g/mol. The number of rotatable bonds is 7. The molecule has 108 valence electrons. The molecule has 0 spiro atoms. The zero-order chi connectivity index (χ0) is 14.4. The maximum atomic E-state index is 13.6. The summed E-state index contributed by atoms with van der Waals surface area (Å²) in [6.45, 7) is 6.80. The first-order valence-corrected chi connectivity index (χ1v) is 6.72. The molecule has 0 amide bonds. The lowest BCUT2D eigenvalue weighted by Gasteiger charge is -2.28. The van der Waals surface area contributed by atoms with Crippen LogP contribution in [0.25, 0.3) is 0 Å². The van der Waals surface area contributed by atoms with Crippen LogP contribution in [0.4, 0.5) is 10.1 Å². The Kier molecular flexibility index (Phi) is 6.25. The van der Waals surface area contributed by atoms with Crippen LogP contribution in [0.5, 0.6) is 0 Å². The Hall–Kier alpha value is -1.13. The molecular weight excluding hydrogens is 243 g/mol. The zero-order valence-corrected chi connectivity index (χ0v) is 12.4. The van der Waals surface area contributed by atoms with Crippen molar-refractivity contribution in [2.45, 2.75) is 20.5 Å². The molecule has 3 nitrogen and oxygen atoms in total. The standard InChI is InChI=1S/C15H25FN2O/c1-12(2)10-18(6-5-17(3)4)15-8-13(11-19)7-14(16)9-15/h7-9,12,19H,5-6,10-11H2,1-4H3. The van der Waals surface area contributed by atoms with Gasteiger partial charge in [-0.2, -0.15) is 0 Å². The lowest BCUT2D eigenvalue weighted by Crippen LogP contribution is -2.34. The average molecular weight is 268 g/mol. The highest BCUT2D eigenvalue weighted by molar-refractivity contribution is 5.49. The number of halogens is 1. The maximum absolute atomic E-state index is 13.6. The third-order valence-corrected chi connectivity index (χ3v) is 2.89. The molecule has 0 radical (unpaired) electrons. The fourth-order valence-electron chi connectivity index (χ4n) is 1.99. The molecule has 1 aromatic rings. The second-order valence-electron chi connectivity index (χ2n) is 5.62. The molecule has 1 aromatic carbocycles. The predicted molar refractivity (Wildman–Crippen MR) is 77.9 cm³/mol. The van der Waals surface area contributed by atoms with E-state index in [0.29, 0.717) is 11.5 Å². The number of hydrogen-bond acceptors (Lipinski definition) is 3. The Morgan fingerprint density at radius 2 is 1.84 bits per heavy atom. The van der Waals surface area contributed by atoms with Gasteiger partial charge in [0.1, 0.15) is 5.82 Å². The summed E-state index contributed by atoms with van der Waals surface area (Å²) in [6.07, 6.45) is 0. The van der Waals surface area contributed by atoms with Crippen molar-refractivity contribution in [1.82, 2.24) is 4.90 Å². The molecule has 0 aliphatic rings. The minimum absolute atomic E-state index is 0.131. The molecule has 0 bridgehead atoms. The second kappa shape index (κ2) is 7.46. The number of aliphatic hydroxyl groups is 1. The Bertz CT molecular complexity index is 394. The summed E-state index contributed by atoms with van der Waals surface area (Å²) in [5, 5.41) is 9.17. The van der Waals surface area contributed by atoms with Gasteiger partial charge in [0.05, 0.1) is 6.61 Å². The van der Waals surface area contributed by atoms with Crippen molar-refractivity contribution in [1.29, 1.82) is 0 Å². The van der Waals surface area contributed by atoms with Crippen LogP contribution in [0, 0.1) is 11.7 Å². The lowest BCUT2D eigenvalue weighted by atomic mass is 10.1. The van der Waals surface area contributed by atoms with Gasteiger partial charge in [0, 0.05) is 25.3 Å². The van der Waals surface area contributed by atoms with E-state index in [1.807, 2.05) is 20.2 Å². The number of nitrogens with zero attached hydrogens (tertiary/aromatic N) is 2. The number of hydrogen-bond donors (Lipinski definition) is 1. The molecule has 1 rings (SSSR count). The van der Waals surface area contributed by atoms with Crippen molar-refractivity contribution in [2.24, 2.45) is 5.92 Å². The molecular formula is C15H25FN2O. The van der Waals surface area contributed by atoms with Crippen molar-refractivity contribution >= 4 is 5.69 Å². The summed E-state index contributed by atoms with van der Waals surface area (Å²) in [7, 11) is 4.05. The SMILES string of the molecule is CC(C)CN(CCN(C)C)c1cc(F)cc(CO)c1. The number of likely N-dealkylation sites (N-methyl/N-ethyl adjacent to an activating group) is 1. The summed E-state index contributed by atoms with van der Waals surface area (Å²) in [5.41, 5.74) is 1.47. The van der Waals surface area contributed by atoms with Crippen LogP contribution >= 0.6 is 0 Å². The minimum Gasteiger partial charge on any atom is -0.392 e. The highest BCUT2D eigenvalue weighted by Gasteiger charge is 2.11. The van der Waals surface area contributed by atoms with Crippen molar-refractivity contribution in [3.05, 3.63) is 29.6 Å². The fourth-order valence-corrected chi connectivity index (χ4v) is 1.99. The van der Waals surface area contributed by atoms with Crippen LogP contribution in [-0.2, 0) is 6.61 Å². The van der Waals surface area contributed by atoms with Crippen LogP contribution < -0.4 is 4.90 Å². The van der Waals surface area contributed by atoms with Gasteiger partial charge in [0.25, 0.3) is 0 Å². The van der Waals surface area contributed by atoms with Gasteiger partial charge in [0.15, 0.2) is 0 Å². The van der Waals surface area contributed by atoms with E-state index >= 15 is 0 Å². The van der Waals surface area contributed by atoms with Crippen LogP contribution in [0.15, 0.2) is 18.2 Å². The van der Waals surface area contributed by atoms with Crippen molar-refractivity contribution in [3.8, 4) is 0 Å². The summed E-state index contributed by atoms with van der Waals surface area (Å²) in [5.74, 6) is 0.211. The van der Waals surface area contributed by atoms with Crippen molar-refractivity contribution in [3.63, 3.8) is 0 Å². The molecule has 4 heteroatoms. The van der Waals surface area contributed by atoms with E-state index in [9.17, 15) is 9.50 Å². The number of aliphatic hydroxyl groups excluding tert-OH is 1. The largest absolute Gasteiger partial charge is 0.392 e. The second-order valence-corrected chi connectivity index (χ2v) is 5.62. The smallest absolute Gasteiger partial charge is 0.125 e. The molecule has 19 heavy (non-hydrogen) atoms. The first-order valence-electron chi connectivity index (χ1n) is 6.72.